The Bertz CT molecular complexity index is 1730. The summed E-state index contributed by atoms with van der Waals surface area (Å²) in [7, 11) is 0. The Morgan fingerprint density at radius 3 is 2.67 bits per heavy atom. The predicted molar refractivity (Wildman–Crippen MR) is 155 cm³/mol. The maximum absolute atomic E-state index is 14.3. The maximum Gasteiger partial charge on any atom is 0.335 e. The van der Waals surface area contributed by atoms with E-state index in [0.717, 1.165) is 61.6 Å². The molecule has 0 bridgehead atoms. The van der Waals surface area contributed by atoms with Gasteiger partial charge in [0.05, 0.1) is 47.4 Å². The van der Waals surface area contributed by atoms with E-state index in [-0.39, 0.29) is 23.8 Å². The molecule has 4 heterocycles. The highest BCUT2D eigenvalue weighted by molar-refractivity contribution is 5.92. The van der Waals surface area contributed by atoms with Crippen molar-refractivity contribution in [3.05, 3.63) is 82.9 Å². The minimum atomic E-state index is -0.950. The molecule has 3 fully saturated rings. The van der Waals surface area contributed by atoms with E-state index in [1.54, 1.807) is 36.4 Å². The van der Waals surface area contributed by atoms with Gasteiger partial charge in [-0.25, -0.2) is 14.2 Å². The van der Waals surface area contributed by atoms with Crippen molar-refractivity contribution in [1.29, 1.82) is 5.26 Å². The largest absolute Gasteiger partial charge is 0.478 e. The predicted octanol–water partition coefficient (Wildman–Crippen LogP) is 4.36. The number of fused-ring (bicyclic) bond motifs is 2. The molecule has 2 aliphatic heterocycles. The first-order valence-electron chi connectivity index (χ1n) is 14.6. The van der Waals surface area contributed by atoms with Crippen molar-refractivity contribution in [2.75, 3.05) is 24.6 Å². The van der Waals surface area contributed by atoms with Crippen molar-refractivity contribution in [2.45, 2.75) is 57.1 Å². The highest BCUT2D eigenvalue weighted by Gasteiger charge is 2.43. The molecule has 1 N–H and O–H groups in total. The SMILES string of the molecule is N#Cc1ccc(COc2cccc(N3CCN(Cc4nc5ccc(C(=O)O)cc5n4C[C@@H]4CCO4)[C@H]4CC[C@H]43)n2)c(F)c1. The third kappa shape index (κ3) is 5.28. The number of ether oxygens (including phenoxy) is 2. The number of imidazole rings is 1. The Hall–Kier alpha value is -4.53. The first-order valence-corrected chi connectivity index (χ1v) is 14.6. The van der Waals surface area contributed by atoms with Crippen LogP contribution in [0.3, 0.4) is 0 Å². The monoisotopic (exact) mass is 582 g/mol. The fourth-order valence-corrected chi connectivity index (χ4v) is 6.28. The van der Waals surface area contributed by atoms with Gasteiger partial charge in [-0.15, -0.1) is 0 Å². The summed E-state index contributed by atoms with van der Waals surface area (Å²) in [6.07, 6.45) is 3.23. The lowest BCUT2D eigenvalue weighted by Crippen LogP contribution is -2.64. The molecule has 7 rings (SSSR count). The Morgan fingerprint density at radius 1 is 1.09 bits per heavy atom. The maximum atomic E-state index is 14.3. The molecule has 2 aromatic heterocycles. The van der Waals surface area contributed by atoms with E-state index in [4.69, 9.17) is 24.7 Å². The first-order chi connectivity index (χ1) is 21.0. The summed E-state index contributed by atoms with van der Waals surface area (Å²) in [5.41, 5.74) is 2.52. The van der Waals surface area contributed by atoms with E-state index in [9.17, 15) is 14.3 Å². The van der Waals surface area contributed by atoms with Crippen molar-refractivity contribution >= 4 is 22.8 Å². The number of rotatable bonds is 9. The van der Waals surface area contributed by atoms with Crippen LogP contribution in [0, 0.1) is 17.1 Å². The summed E-state index contributed by atoms with van der Waals surface area (Å²) >= 11 is 0. The van der Waals surface area contributed by atoms with Crippen LogP contribution in [0.25, 0.3) is 11.0 Å². The Balaban J connectivity index is 1.06. The van der Waals surface area contributed by atoms with Gasteiger partial charge in [-0.05, 0) is 55.7 Å². The molecule has 43 heavy (non-hydrogen) atoms. The standard InChI is InChI=1S/C32H31FN6O4/c33-24-14-20(16-34)4-5-22(24)19-43-31-3-1-2-29(36-31)38-12-11-37(26-8-9-27(26)38)18-30-35-25-7-6-21(32(40)41)15-28(25)39(30)17-23-10-13-42-23/h1-7,14-15,23,26-27H,8-13,17-19H2,(H,40,41)/t23-,26-,27+/m0/s1. The molecule has 3 atom stereocenters. The third-order valence-corrected chi connectivity index (χ3v) is 8.86. The van der Waals surface area contributed by atoms with Crippen molar-refractivity contribution < 1.29 is 23.8 Å². The Kier molecular flexibility index (Phi) is 7.16. The molecule has 220 valence electrons. The van der Waals surface area contributed by atoms with Crippen molar-refractivity contribution in [1.82, 2.24) is 19.4 Å². The van der Waals surface area contributed by atoms with Crippen molar-refractivity contribution in [3.8, 4) is 11.9 Å². The molecule has 0 unspecified atom stereocenters. The Morgan fingerprint density at radius 2 is 1.95 bits per heavy atom. The number of carboxylic acid groups (broad SMARTS) is 1. The van der Waals surface area contributed by atoms with Crippen LogP contribution in [0.15, 0.2) is 54.6 Å². The summed E-state index contributed by atoms with van der Waals surface area (Å²) < 4.78 is 28.0. The van der Waals surface area contributed by atoms with E-state index < -0.39 is 11.8 Å². The number of pyridine rings is 1. The number of carbonyl (C=O) groups is 1. The number of piperazine rings is 1. The van der Waals surface area contributed by atoms with Crippen LogP contribution in [-0.4, -0.2) is 68.4 Å². The van der Waals surface area contributed by atoms with Gasteiger partial charge in [0.2, 0.25) is 5.88 Å². The minimum Gasteiger partial charge on any atom is -0.478 e. The lowest BCUT2D eigenvalue weighted by Gasteiger charge is -2.54. The molecule has 0 amide bonds. The van der Waals surface area contributed by atoms with Crippen LogP contribution in [-0.2, 0) is 24.4 Å². The smallest absolute Gasteiger partial charge is 0.335 e. The molecule has 10 nitrogen and oxygen atoms in total. The van der Waals surface area contributed by atoms with Crippen molar-refractivity contribution in [2.24, 2.45) is 0 Å². The summed E-state index contributed by atoms with van der Waals surface area (Å²) in [6, 6.07) is 17.7. The summed E-state index contributed by atoms with van der Waals surface area (Å²) in [4.78, 5) is 26.2. The number of anilines is 1. The van der Waals surface area contributed by atoms with Crippen LogP contribution in [0.4, 0.5) is 10.2 Å². The highest BCUT2D eigenvalue weighted by Crippen LogP contribution is 2.37. The van der Waals surface area contributed by atoms with Crippen LogP contribution in [0.5, 0.6) is 5.88 Å². The van der Waals surface area contributed by atoms with E-state index in [0.29, 0.717) is 36.6 Å². The highest BCUT2D eigenvalue weighted by atomic mass is 19.1. The van der Waals surface area contributed by atoms with Gasteiger partial charge in [0.25, 0.3) is 0 Å². The molecule has 4 aromatic rings. The lowest BCUT2D eigenvalue weighted by molar-refractivity contribution is -0.0594. The molecule has 1 saturated carbocycles. The quantitative estimate of drug-likeness (QED) is 0.307. The second-order valence-electron chi connectivity index (χ2n) is 11.3. The fourth-order valence-electron chi connectivity index (χ4n) is 6.28. The Labute approximate surface area is 247 Å². The minimum absolute atomic E-state index is 0.0225. The molecule has 0 spiro atoms. The number of carboxylic acids is 1. The molecule has 0 radical (unpaired) electrons. The van der Waals surface area contributed by atoms with E-state index >= 15 is 0 Å². The molecule has 2 saturated heterocycles. The second-order valence-corrected chi connectivity index (χ2v) is 11.3. The average molecular weight is 583 g/mol. The first kappa shape index (κ1) is 27.3. The zero-order valence-corrected chi connectivity index (χ0v) is 23.5. The average Bonchev–Trinajstić information content (AvgIpc) is 3.30. The van der Waals surface area contributed by atoms with Crippen LogP contribution >= 0.6 is 0 Å². The number of nitriles is 1. The number of aromatic nitrogens is 3. The second kappa shape index (κ2) is 11.3. The van der Waals surface area contributed by atoms with Crippen LogP contribution < -0.4 is 9.64 Å². The third-order valence-electron chi connectivity index (χ3n) is 8.86. The molecular formula is C32H31FN6O4. The zero-order valence-electron chi connectivity index (χ0n) is 23.5. The van der Waals surface area contributed by atoms with Gasteiger partial charge in [-0.3, -0.25) is 4.90 Å². The normalized spacial score (nSPS) is 21.5. The van der Waals surface area contributed by atoms with E-state index in [2.05, 4.69) is 14.4 Å². The van der Waals surface area contributed by atoms with Crippen molar-refractivity contribution in [3.63, 3.8) is 0 Å². The molecular weight excluding hydrogens is 551 g/mol. The van der Waals surface area contributed by atoms with Gasteiger partial charge in [-0.1, -0.05) is 12.1 Å². The molecule has 3 aliphatic rings. The number of hydrogen-bond donors (Lipinski definition) is 1. The molecule has 11 heteroatoms. The summed E-state index contributed by atoms with van der Waals surface area (Å²) in [5, 5.41) is 18.5. The summed E-state index contributed by atoms with van der Waals surface area (Å²) in [5.74, 6) is 0.763. The topological polar surface area (TPSA) is 117 Å². The van der Waals surface area contributed by atoms with Gasteiger partial charge in [0, 0.05) is 43.4 Å². The van der Waals surface area contributed by atoms with Crippen LogP contribution in [0.2, 0.25) is 0 Å². The van der Waals surface area contributed by atoms with E-state index in [1.807, 2.05) is 18.2 Å². The number of benzene rings is 2. The zero-order chi connectivity index (χ0) is 29.5. The fraction of sp³-hybridized carbons (Fsp3) is 0.375. The number of halogens is 1. The van der Waals surface area contributed by atoms with Gasteiger partial charge >= 0.3 is 5.97 Å². The summed E-state index contributed by atoms with van der Waals surface area (Å²) in [6.45, 7) is 3.72. The van der Waals surface area contributed by atoms with Gasteiger partial charge in [-0.2, -0.15) is 10.2 Å². The number of aromatic carboxylic acids is 1. The lowest BCUT2D eigenvalue weighted by atomic mass is 9.81. The molecule has 1 aliphatic carbocycles. The van der Waals surface area contributed by atoms with E-state index in [1.165, 1.54) is 6.07 Å². The van der Waals surface area contributed by atoms with Gasteiger partial charge < -0.3 is 24.0 Å². The number of nitrogens with zero attached hydrogens (tertiary/aromatic N) is 6. The van der Waals surface area contributed by atoms with Gasteiger partial charge in [0.15, 0.2) is 0 Å². The number of hydrogen-bond acceptors (Lipinski definition) is 8. The molecule has 2 aromatic carbocycles. The van der Waals surface area contributed by atoms with Gasteiger partial charge in [0.1, 0.15) is 24.1 Å². The van der Waals surface area contributed by atoms with Crippen LogP contribution in [0.1, 0.15) is 46.6 Å².